The van der Waals surface area contributed by atoms with Gasteiger partial charge in [-0.05, 0) is 6.42 Å². The first-order valence-electron chi connectivity index (χ1n) is 8.15. The molecule has 0 saturated carbocycles. The Morgan fingerprint density at radius 1 is 0.833 bits per heavy atom. The summed E-state index contributed by atoms with van der Waals surface area (Å²) in [4.78, 5) is 20.7. The molecule has 0 rings (SSSR count). The van der Waals surface area contributed by atoms with Crippen molar-refractivity contribution in [3.63, 3.8) is 0 Å². The molecule has 0 aromatic carbocycles. The van der Waals surface area contributed by atoms with Crippen molar-refractivity contribution >= 4 is 11.9 Å². The monoisotopic (exact) mass is 362 g/mol. The van der Waals surface area contributed by atoms with Crippen LogP contribution in [0.25, 0.3) is 0 Å². The van der Waals surface area contributed by atoms with Gasteiger partial charge in [0.25, 0.3) is 0 Å². The topological polar surface area (TPSA) is 98.7 Å². The molecule has 1 unspecified atom stereocenters. The maximum Gasteiger partial charge on any atom is 1.00 e. The van der Waals surface area contributed by atoms with Crippen LogP contribution in [0.4, 0.5) is 0 Å². The van der Waals surface area contributed by atoms with E-state index in [1.807, 2.05) is 0 Å². The van der Waals surface area contributed by atoms with Crippen molar-refractivity contribution in [2.75, 3.05) is 19.8 Å². The number of carboxylic acids is 2. The Bertz CT molecular complexity index is 302. The molecule has 6 nitrogen and oxygen atoms in total. The Morgan fingerprint density at radius 3 is 1.83 bits per heavy atom. The zero-order valence-corrected chi connectivity index (χ0v) is 19.5. The predicted molar refractivity (Wildman–Crippen MR) is 77.8 cm³/mol. The summed E-state index contributed by atoms with van der Waals surface area (Å²) in [7, 11) is 0. The summed E-state index contributed by atoms with van der Waals surface area (Å²) in [5, 5.41) is 20.7. The number of rotatable bonds is 16. The van der Waals surface area contributed by atoms with Gasteiger partial charge in [0.15, 0.2) is 0 Å². The van der Waals surface area contributed by atoms with Gasteiger partial charge >= 0.3 is 59.1 Å². The molecular weight excluding hydrogens is 334 g/mol. The molecule has 1 atom stereocenters. The SMILES string of the molecule is CCCCCCCCCCC(COCC(=O)[O-])OCC(=O)[O-].[Na+].[Na+]. The number of carbonyl (C=O) groups excluding carboxylic acids is 2. The zero-order valence-electron chi connectivity index (χ0n) is 15.5. The van der Waals surface area contributed by atoms with E-state index >= 15 is 0 Å². The van der Waals surface area contributed by atoms with Gasteiger partial charge in [0.05, 0.1) is 37.9 Å². The van der Waals surface area contributed by atoms with Crippen molar-refractivity contribution in [1.82, 2.24) is 0 Å². The fourth-order valence-electron chi connectivity index (χ4n) is 2.18. The van der Waals surface area contributed by atoms with Crippen molar-refractivity contribution in [2.24, 2.45) is 0 Å². The predicted octanol–water partition coefficient (Wildman–Crippen LogP) is -5.57. The fraction of sp³-hybridized carbons (Fsp3) is 0.875. The largest absolute Gasteiger partial charge is 1.00 e. The van der Waals surface area contributed by atoms with E-state index in [-0.39, 0.29) is 65.7 Å². The molecule has 0 aromatic rings. The van der Waals surface area contributed by atoms with Crippen LogP contribution in [0.15, 0.2) is 0 Å². The Labute approximate surface area is 189 Å². The van der Waals surface area contributed by atoms with Gasteiger partial charge < -0.3 is 29.3 Å². The van der Waals surface area contributed by atoms with Crippen LogP contribution in [0, 0.1) is 0 Å². The van der Waals surface area contributed by atoms with E-state index in [1.54, 1.807) is 0 Å². The van der Waals surface area contributed by atoms with Crippen molar-refractivity contribution < 1.29 is 88.4 Å². The number of ether oxygens (including phenoxy) is 2. The van der Waals surface area contributed by atoms with Crippen LogP contribution in [0.3, 0.4) is 0 Å². The fourth-order valence-corrected chi connectivity index (χ4v) is 2.18. The Balaban J connectivity index is -0.00000220. The molecule has 0 heterocycles. The van der Waals surface area contributed by atoms with Crippen LogP contribution in [-0.2, 0) is 19.1 Å². The molecule has 130 valence electrons. The summed E-state index contributed by atoms with van der Waals surface area (Å²) in [5.74, 6) is -2.59. The van der Waals surface area contributed by atoms with Crippen LogP contribution in [0.2, 0.25) is 0 Å². The minimum Gasteiger partial charge on any atom is -0.548 e. The van der Waals surface area contributed by atoms with Crippen molar-refractivity contribution in [3.05, 3.63) is 0 Å². The van der Waals surface area contributed by atoms with Crippen molar-refractivity contribution in [2.45, 2.75) is 70.8 Å². The molecule has 8 heteroatoms. The Kier molecular flexibility index (Phi) is 27.0. The molecule has 24 heavy (non-hydrogen) atoms. The number of hydrogen-bond acceptors (Lipinski definition) is 6. The third-order valence-electron chi connectivity index (χ3n) is 3.34. The van der Waals surface area contributed by atoms with E-state index in [9.17, 15) is 19.8 Å². The first kappa shape index (κ1) is 29.6. The molecule has 0 amide bonds. The molecule has 0 aliphatic heterocycles. The van der Waals surface area contributed by atoms with E-state index in [4.69, 9.17) is 9.47 Å². The second-order valence-electron chi connectivity index (χ2n) is 5.46. The standard InChI is InChI=1S/C16H30O6.2Na/c1-2-3-4-5-6-7-8-9-10-14(22-13-16(19)20)11-21-12-15(17)18;;/h14H,2-13H2,1H3,(H,17,18)(H,19,20);;/q;2*+1/p-2. The smallest absolute Gasteiger partial charge is 0.548 e. The van der Waals surface area contributed by atoms with Crippen LogP contribution >= 0.6 is 0 Å². The van der Waals surface area contributed by atoms with E-state index < -0.39 is 31.3 Å². The van der Waals surface area contributed by atoms with Gasteiger partial charge in [0.2, 0.25) is 0 Å². The summed E-state index contributed by atoms with van der Waals surface area (Å²) in [6, 6.07) is 0. The number of aliphatic carboxylic acids is 2. The number of carboxylic acid groups (broad SMARTS) is 2. The molecule has 0 saturated heterocycles. The minimum absolute atomic E-state index is 0. The second-order valence-corrected chi connectivity index (χ2v) is 5.46. The first-order chi connectivity index (χ1) is 10.6. The molecule has 0 aliphatic carbocycles. The van der Waals surface area contributed by atoms with Gasteiger partial charge in [-0.2, -0.15) is 0 Å². The summed E-state index contributed by atoms with van der Waals surface area (Å²) < 4.78 is 10.1. The number of hydrogen-bond donors (Lipinski definition) is 0. The molecular formula is C16H28Na2O6. The third-order valence-corrected chi connectivity index (χ3v) is 3.34. The van der Waals surface area contributed by atoms with E-state index in [1.165, 1.54) is 32.1 Å². The van der Waals surface area contributed by atoms with Crippen molar-refractivity contribution in [3.8, 4) is 0 Å². The molecule has 0 fully saturated rings. The van der Waals surface area contributed by atoms with Crippen LogP contribution < -0.4 is 69.3 Å². The molecule has 0 N–H and O–H groups in total. The van der Waals surface area contributed by atoms with E-state index in [0.717, 1.165) is 19.3 Å². The average Bonchev–Trinajstić information content (AvgIpc) is 2.46. The van der Waals surface area contributed by atoms with Gasteiger partial charge in [-0.1, -0.05) is 58.3 Å². The third kappa shape index (κ3) is 22.9. The normalized spacial score (nSPS) is 11.2. The van der Waals surface area contributed by atoms with Gasteiger partial charge in [-0.3, -0.25) is 0 Å². The van der Waals surface area contributed by atoms with E-state index in [0.29, 0.717) is 6.42 Å². The first-order valence-corrected chi connectivity index (χ1v) is 8.15. The quantitative estimate of drug-likeness (QED) is 0.201. The van der Waals surface area contributed by atoms with Crippen molar-refractivity contribution in [1.29, 1.82) is 0 Å². The molecule has 0 spiro atoms. The van der Waals surface area contributed by atoms with Gasteiger partial charge in [0.1, 0.15) is 0 Å². The zero-order chi connectivity index (χ0) is 16.6. The molecule has 0 radical (unpaired) electrons. The number of carbonyl (C=O) groups is 2. The second kappa shape index (κ2) is 21.9. The summed E-state index contributed by atoms with van der Waals surface area (Å²) >= 11 is 0. The van der Waals surface area contributed by atoms with E-state index in [2.05, 4.69) is 6.92 Å². The average molecular weight is 362 g/mol. The van der Waals surface area contributed by atoms with Gasteiger partial charge in [0, 0.05) is 0 Å². The Hall–Kier alpha value is 0.860. The number of unbranched alkanes of at least 4 members (excludes halogenated alkanes) is 7. The molecule has 0 aliphatic rings. The van der Waals surface area contributed by atoms with Crippen LogP contribution in [0.1, 0.15) is 64.7 Å². The maximum atomic E-state index is 10.4. The Morgan fingerprint density at radius 2 is 1.33 bits per heavy atom. The maximum absolute atomic E-state index is 10.4. The van der Waals surface area contributed by atoms with Gasteiger partial charge in [-0.15, -0.1) is 0 Å². The van der Waals surface area contributed by atoms with Crippen LogP contribution in [0.5, 0.6) is 0 Å². The minimum atomic E-state index is -1.30. The molecule has 0 bridgehead atoms. The summed E-state index contributed by atoms with van der Waals surface area (Å²) in [6.45, 7) is 1.23. The van der Waals surface area contributed by atoms with Gasteiger partial charge in [-0.25, -0.2) is 0 Å². The van der Waals surface area contributed by atoms with Crippen LogP contribution in [-0.4, -0.2) is 37.9 Å². The molecule has 0 aromatic heterocycles. The summed E-state index contributed by atoms with van der Waals surface area (Å²) in [5.41, 5.74) is 0. The summed E-state index contributed by atoms with van der Waals surface area (Å²) in [6.07, 6.45) is 9.61.